The molecule has 4 aromatic carbocycles. The van der Waals surface area contributed by atoms with E-state index in [1.807, 2.05) is 92.7 Å². The van der Waals surface area contributed by atoms with Gasteiger partial charge in [-0.05, 0) is 151 Å². The predicted octanol–water partition coefficient (Wildman–Crippen LogP) is 7.21. The number of amides is 7. The van der Waals surface area contributed by atoms with Gasteiger partial charge in [-0.25, -0.2) is 22.8 Å². The van der Waals surface area contributed by atoms with Crippen molar-refractivity contribution in [3.63, 3.8) is 0 Å². The molecule has 7 amide bonds. The molecule has 1 aliphatic carbocycles. The second kappa shape index (κ2) is 33.1. The summed E-state index contributed by atoms with van der Waals surface area (Å²) in [5.74, 6) is -3.63. The molecule has 0 spiro atoms. The lowest BCUT2D eigenvalue weighted by Crippen LogP contribution is -2.58. The Bertz CT molecular complexity index is 3490. The number of carbonyl (C=O) groups excluding carboxylic acids is 8. The minimum atomic E-state index is -4.26. The molecule has 0 aromatic heterocycles. The van der Waals surface area contributed by atoms with E-state index in [1.165, 1.54) is 26.2 Å². The molecule has 0 radical (unpaired) electrons. The summed E-state index contributed by atoms with van der Waals surface area (Å²) in [4.78, 5) is 114. The standard InChI is InChI=1S/C72H96N8O17S/c1-45(2)41-78(42-60(81)56(38-46-20-10-9-11-21-46)76-69(88)95-61-44-93-67-53(61)33-37-92-67)98(90,91)48-31-29-47(30-32-48)40-74-63(83)58-27-18-35-79(58)65(85)55(26-16-17-34-73-68(87)94-43-54-51-24-14-12-22-49(51)50-23-13-15-25-52(50)54)75-64(84)59-28-19-36-80(59)66(86)57(39-62(82)96-71(3,4)5)77-70(89)97-72(6,7)8/h9-15,20-25,29-32,45,53-61,67,81H,16-19,26-28,33-44H2,1-8H3,(H,73,87)(H,74,83)(H,75,84)(H,76,88)(H,77,89)/t53-,55-,56-,57-,58-,59-,60+,61-,67+/m0/s1. The van der Waals surface area contributed by atoms with E-state index in [4.69, 9.17) is 28.4 Å². The third-order valence-corrected chi connectivity index (χ3v) is 19.7. The molecule has 0 unspecified atom stereocenters. The van der Waals surface area contributed by atoms with Gasteiger partial charge in [-0.2, -0.15) is 4.31 Å². The minimum absolute atomic E-state index is 0.0375. The van der Waals surface area contributed by atoms with Crippen LogP contribution in [-0.2, 0) is 75.4 Å². The molecule has 0 bridgehead atoms. The number of nitrogens with zero attached hydrogens (tertiary/aromatic N) is 3. The van der Waals surface area contributed by atoms with Crippen molar-refractivity contribution in [2.24, 2.45) is 11.8 Å². The van der Waals surface area contributed by atoms with Crippen LogP contribution in [0.4, 0.5) is 14.4 Å². The number of benzene rings is 4. The number of hydrogen-bond donors (Lipinski definition) is 6. The van der Waals surface area contributed by atoms with E-state index >= 15 is 0 Å². The SMILES string of the molecule is CC(C)CN(C[C@@H](O)[C@H](Cc1ccccc1)NC(=O)O[C@H]1CO[C@H]2OCC[C@H]21)S(=O)(=O)c1ccc(CNC(=O)[C@@H]2CCCN2C(=O)[C@H](CCCCNC(=O)OCC2c3ccccc3-c3ccccc32)NC(=O)[C@@H]2CCCN2C(=O)[C@H](CC(=O)OC(C)(C)C)NC(=O)OC(C)(C)C)cc1. The first-order valence-corrected chi connectivity index (χ1v) is 35.6. The zero-order valence-electron chi connectivity index (χ0n) is 57.3. The number of esters is 1. The second-order valence-corrected chi connectivity index (χ2v) is 30.2. The Morgan fingerprint density at radius 1 is 0.653 bits per heavy atom. The highest BCUT2D eigenvalue weighted by atomic mass is 32.2. The molecule has 4 saturated heterocycles. The number of rotatable bonds is 28. The highest BCUT2D eigenvalue weighted by molar-refractivity contribution is 7.89. The van der Waals surface area contributed by atoms with Crippen molar-refractivity contribution in [1.82, 2.24) is 40.7 Å². The highest BCUT2D eigenvalue weighted by Gasteiger charge is 2.46. The van der Waals surface area contributed by atoms with Crippen molar-refractivity contribution in [3.8, 4) is 11.1 Å². The predicted molar refractivity (Wildman–Crippen MR) is 361 cm³/mol. The summed E-state index contributed by atoms with van der Waals surface area (Å²) in [5, 5.41) is 25.8. The summed E-state index contributed by atoms with van der Waals surface area (Å²) in [7, 11) is -4.26. The maximum absolute atomic E-state index is 15.0. The van der Waals surface area contributed by atoms with Crippen LogP contribution in [-0.4, -0.2) is 188 Å². The first-order chi connectivity index (χ1) is 46.6. The van der Waals surface area contributed by atoms with Gasteiger partial charge in [-0.1, -0.05) is 105 Å². The van der Waals surface area contributed by atoms with E-state index in [-0.39, 0.29) is 94.4 Å². The van der Waals surface area contributed by atoms with Gasteiger partial charge in [0.15, 0.2) is 6.29 Å². The van der Waals surface area contributed by atoms with Gasteiger partial charge in [0.25, 0.3) is 0 Å². The topological polar surface area (TPSA) is 316 Å². The van der Waals surface area contributed by atoms with E-state index in [2.05, 4.69) is 26.6 Å². The third kappa shape index (κ3) is 19.8. The molecule has 532 valence electrons. The number of carbonyl (C=O) groups is 8. The fourth-order valence-corrected chi connectivity index (χ4v) is 14.9. The number of nitrogens with one attached hydrogen (secondary N) is 5. The molecule has 4 fully saturated rings. The van der Waals surface area contributed by atoms with Crippen LogP contribution in [0.1, 0.15) is 141 Å². The number of fused-ring (bicyclic) bond motifs is 4. The van der Waals surface area contributed by atoms with Gasteiger partial charge in [0.05, 0.1) is 42.6 Å². The van der Waals surface area contributed by atoms with Gasteiger partial charge in [0, 0.05) is 45.2 Å². The lowest BCUT2D eigenvalue weighted by Gasteiger charge is -2.32. The van der Waals surface area contributed by atoms with Gasteiger partial charge in [0.1, 0.15) is 48.1 Å². The zero-order chi connectivity index (χ0) is 70.5. The normalized spacial score (nSPS) is 20.3. The van der Waals surface area contributed by atoms with Crippen molar-refractivity contribution in [2.75, 3.05) is 52.5 Å². The lowest BCUT2D eigenvalue weighted by atomic mass is 9.98. The molecule has 4 aliphatic heterocycles. The number of aliphatic hydroxyl groups excluding tert-OH is 1. The Labute approximate surface area is 574 Å². The lowest BCUT2D eigenvalue weighted by molar-refractivity contribution is -0.157. The number of ether oxygens (including phenoxy) is 6. The number of alkyl carbamates (subject to hydrolysis) is 3. The average Bonchev–Trinajstić information content (AvgIpc) is 1.62. The van der Waals surface area contributed by atoms with Crippen molar-refractivity contribution in [3.05, 3.63) is 125 Å². The fourth-order valence-electron chi connectivity index (χ4n) is 13.3. The fraction of sp³-hybridized carbons (Fsp3) is 0.556. The van der Waals surface area contributed by atoms with E-state index in [0.29, 0.717) is 50.7 Å². The number of unbranched alkanes of at least 4 members (excludes halogenated alkanes) is 1. The molecular weight excluding hydrogens is 1280 g/mol. The summed E-state index contributed by atoms with van der Waals surface area (Å²) in [6.45, 7) is 14.5. The van der Waals surface area contributed by atoms with E-state index in [1.54, 1.807) is 53.7 Å². The van der Waals surface area contributed by atoms with Gasteiger partial charge in [-0.3, -0.25) is 24.0 Å². The van der Waals surface area contributed by atoms with Crippen LogP contribution in [0.15, 0.2) is 108 Å². The molecule has 0 saturated carbocycles. The van der Waals surface area contributed by atoms with Crippen LogP contribution in [0.3, 0.4) is 0 Å². The Balaban J connectivity index is 0.847. The minimum Gasteiger partial charge on any atom is -0.460 e. The molecular formula is C72H96N8O17S. The van der Waals surface area contributed by atoms with Crippen molar-refractivity contribution in [2.45, 2.75) is 197 Å². The number of likely N-dealkylation sites (tertiary alicyclic amines) is 2. The van der Waals surface area contributed by atoms with E-state index in [0.717, 1.165) is 27.8 Å². The maximum Gasteiger partial charge on any atom is 0.408 e. The van der Waals surface area contributed by atoms with Crippen molar-refractivity contribution >= 4 is 57.9 Å². The van der Waals surface area contributed by atoms with Gasteiger partial charge < -0.3 is 69.9 Å². The number of hydrogen-bond acceptors (Lipinski definition) is 17. The molecule has 5 aliphatic rings. The Morgan fingerprint density at radius 2 is 1.27 bits per heavy atom. The number of aliphatic hydroxyl groups is 1. The molecule has 9 rings (SSSR count). The highest BCUT2D eigenvalue weighted by Crippen LogP contribution is 2.44. The quantitative estimate of drug-likeness (QED) is 0.0186. The van der Waals surface area contributed by atoms with Gasteiger partial charge in [0.2, 0.25) is 33.7 Å². The van der Waals surface area contributed by atoms with Crippen LogP contribution in [0.25, 0.3) is 11.1 Å². The summed E-state index contributed by atoms with van der Waals surface area (Å²) in [6.07, 6.45) is -2.39. The van der Waals surface area contributed by atoms with Crippen LogP contribution >= 0.6 is 0 Å². The molecule has 98 heavy (non-hydrogen) atoms. The van der Waals surface area contributed by atoms with Crippen molar-refractivity contribution in [1.29, 1.82) is 0 Å². The van der Waals surface area contributed by atoms with Crippen LogP contribution in [0, 0.1) is 11.8 Å². The summed E-state index contributed by atoms with van der Waals surface area (Å²) < 4.78 is 64.0. The average molecular weight is 1380 g/mol. The third-order valence-electron chi connectivity index (χ3n) is 17.9. The maximum atomic E-state index is 15.0. The van der Waals surface area contributed by atoms with Crippen LogP contribution in [0.2, 0.25) is 0 Å². The Kier molecular flexibility index (Phi) is 25.0. The van der Waals surface area contributed by atoms with Crippen molar-refractivity contribution < 1.29 is 80.3 Å². The molecule has 9 atom stereocenters. The number of sulfonamides is 1. The van der Waals surface area contributed by atoms with E-state index < -0.39 is 124 Å². The van der Waals surface area contributed by atoms with Crippen LogP contribution < -0.4 is 26.6 Å². The zero-order valence-corrected chi connectivity index (χ0v) is 58.1. The van der Waals surface area contributed by atoms with Gasteiger partial charge in [-0.15, -0.1) is 0 Å². The first kappa shape index (κ1) is 74.1. The second-order valence-electron chi connectivity index (χ2n) is 28.2. The monoisotopic (exact) mass is 1380 g/mol. The Morgan fingerprint density at radius 3 is 1.90 bits per heavy atom. The summed E-state index contributed by atoms with van der Waals surface area (Å²) in [6, 6.07) is 25.5. The van der Waals surface area contributed by atoms with E-state index in [9.17, 15) is 51.9 Å². The smallest absolute Gasteiger partial charge is 0.408 e. The summed E-state index contributed by atoms with van der Waals surface area (Å²) >= 11 is 0. The van der Waals surface area contributed by atoms with Crippen LogP contribution in [0.5, 0.6) is 0 Å². The Hall–Kier alpha value is -8.17. The molecule has 25 nitrogen and oxygen atoms in total. The molecule has 6 N–H and O–H groups in total. The first-order valence-electron chi connectivity index (χ1n) is 34.1. The van der Waals surface area contributed by atoms with Gasteiger partial charge >= 0.3 is 24.2 Å². The molecule has 4 heterocycles. The summed E-state index contributed by atoms with van der Waals surface area (Å²) in [5.41, 5.74) is 3.79. The largest absolute Gasteiger partial charge is 0.460 e. The molecule has 26 heteroatoms. The molecule has 4 aromatic rings.